The number of benzene rings is 4. The van der Waals surface area contributed by atoms with Crippen LogP contribution in [-0.2, 0) is 7.05 Å². The van der Waals surface area contributed by atoms with E-state index in [0.29, 0.717) is 69.8 Å². The minimum absolute atomic E-state index is 0.279. The fourth-order valence-corrected chi connectivity index (χ4v) is 11.7. The topological polar surface area (TPSA) is 378 Å². The minimum atomic E-state index is 0.279. The van der Waals surface area contributed by atoms with Gasteiger partial charge in [0.1, 0.15) is 23.3 Å². The molecule has 0 saturated heterocycles. The zero-order valence-corrected chi connectivity index (χ0v) is 77.7. The van der Waals surface area contributed by atoms with Crippen molar-refractivity contribution in [1.29, 1.82) is 0 Å². The number of aromatic nitrogens is 25. The molecular formula is C95H115N25O4S2. The molecule has 4 N–H and O–H groups in total. The van der Waals surface area contributed by atoms with E-state index >= 15 is 0 Å². The Morgan fingerprint density at radius 1 is 0.310 bits per heavy atom. The average Bonchev–Trinajstić information content (AvgIpc) is 1.88. The maximum atomic E-state index is 5.19. The van der Waals surface area contributed by atoms with Gasteiger partial charge in [-0.3, -0.25) is 40.3 Å². The molecule has 4 aromatic carbocycles. The third-order valence-corrected chi connectivity index (χ3v) is 20.0. The molecule has 0 aliphatic carbocycles. The lowest BCUT2D eigenvalue weighted by atomic mass is 10.1. The van der Waals surface area contributed by atoms with E-state index < -0.39 is 0 Å². The SMILES string of the molecule is CC(C)c1n[nH]c(=S)n1C.CC(C)c1nc(-c2ccccc2)n[nH]1.CC(C)c1nc(-c2ccncc2)n[nH]1.CC(C)c1noc(-c2ccccc2)n1.CC(C)c1noc(-c2ccncc2)n1.Cc1ccc(-c2cnc(C(C)C)s2)cn1.Cc1ccc(-c2n[nH]c(C(C)C)n2)cc1.Cc1ccc(-c2nc(C(C)C)no2)cc1.Cc1ccc(-c2nc(C(C)C)no2)cn1. The number of aromatic amines is 4. The summed E-state index contributed by atoms with van der Waals surface area (Å²) in [6, 6.07) is 51.5. The Bertz CT molecular complexity index is 5330. The van der Waals surface area contributed by atoms with Gasteiger partial charge >= 0.3 is 0 Å². The quantitative estimate of drug-likeness (QED) is 0.0615. The Morgan fingerprint density at radius 3 is 0.944 bits per heavy atom. The summed E-state index contributed by atoms with van der Waals surface area (Å²) < 4.78 is 23.2. The van der Waals surface area contributed by atoms with Crippen molar-refractivity contribution < 1.29 is 18.1 Å². The van der Waals surface area contributed by atoms with Gasteiger partial charge in [0.15, 0.2) is 45.5 Å². The predicted octanol–water partition coefficient (Wildman–Crippen LogP) is 23.6. The highest BCUT2D eigenvalue weighted by atomic mass is 32.1. The van der Waals surface area contributed by atoms with Crippen molar-refractivity contribution in [2.75, 3.05) is 0 Å². The summed E-state index contributed by atoms with van der Waals surface area (Å²) in [5, 5.41) is 44.9. The van der Waals surface area contributed by atoms with Gasteiger partial charge in [-0.15, -0.1) is 11.3 Å². The van der Waals surface area contributed by atoms with Gasteiger partial charge in [0.05, 0.1) is 15.4 Å². The van der Waals surface area contributed by atoms with E-state index in [2.05, 4.69) is 223 Å². The molecule has 17 rings (SSSR count). The highest BCUT2D eigenvalue weighted by Gasteiger charge is 2.18. The fourth-order valence-electron chi connectivity index (χ4n) is 10.7. The largest absolute Gasteiger partial charge is 0.334 e. The van der Waals surface area contributed by atoms with Gasteiger partial charge in [0.2, 0.25) is 0 Å². The third-order valence-electron chi connectivity index (χ3n) is 18.3. The Hall–Kier alpha value is -13.6. The first-order chi connectivity index (χ1) is 60.4. The molecule has 0 radical (unpaired) electrons. The number of aryl methyl sites for hydroxylation is 4. The van der Waals surface area contributed by atoms with Crippen molar-refractivity contribution in [3.63, 3.8) is 0 Å². The van der Waals surface area contributed by atoms with Crippen LogP contribution in [0.2, 0.25) is 0 Å². The molecule has 29 nitrogen and oxygen atoms in total. The monoisotopic (exact) mass is 1730 g/mol. The number of pyridine rings is 4. The molecular weight excluding hydrogens is 1620 g/mol. The molecule has 0 spiro atoms. The molecule has 0 fully saturated rings. The molecule has 126 heavy (non-hydrogen) atoms. The molecule has 17 aromatic rings. The second-order valence-electron chi connectivity index (χ2n) is 32.2. The number of rotatable bonds is 17. The van der Waals surface area contributed by atoms with Crippen molar-refractivity contribution in [2.24, 2.45) is 7.05 Å². The molecule has 0 atom stereocenters. The first-order valence-electron chi connectivity index (χ1n) is 42.0. The van der Waals surface area contributed by atoms with Gasteiger partial charge < -0.3 is 22.7 Å². The van der Waals surface area contributed by atoms with E-state index in [1.165, 1.54) is 21.0 Å². The number of thiazole rings is 1. The van der Waals surface area contributed by atoms with Gasteiger partial charge in [-0.1, -0.05) is 247 Å². The van der Waals surface area contributed by atoms with Crippen molar-refractivity contribution in [3.05, 3.63) is 280 Å². The first-order valence-corrected chi connectivity index (χ1v) is 43.2. The maximum Gasteiger partial charge on any atom is 0.259 e. The smallest absolute Gasteiger partial charge is 0.259 e. The standard InChI is InChI=1S/C12H15N3.C12H14N2O.C12H14N2S.C11H13N3O.C11H13N3.C11H12N2O.C10H12N4.C10H11N3O.C6H11N3S/c2*1-8(2)11-13-12(15-14-11)10-6-4-9(3)5-7-10;1-8(2)12-14-7-11(15-12)10-5-4-9(3)13-6-10;1-7(2)10-13-11(15-14-10)9-5-4-8(3)12-6-9;2*1-8(2)10-12-11(14-13-10)9-6-4-3-5-7-9;2*1-7(2)9-12-10(14-13-9)8-3-5-11-6-4-8;1-4(2)5-7-8-6(10)9(5)3/h4-8H,1-3H3,(H,13,14,15);2*4-8H,1-3H3;4-7H,1-3H3;3-8H,1-2H3,(H,12,13,14);3-8H,1-2H3;3-7H,1-2H3,(H,12,13,14);3-7H,1-2H3;4H,1-3H3,(H,8,10). The highest BCUT2D eigenvalue weighted by Crippen LogP contribution is 2.31. The second-order valence-corrected chi connectivity index (χ2v) is 33.6. The van der Waals surface area contributed by atoms with E-state index in [-0.39, 0.29) is 11.8 Å². The molecule has 31 heteroatoms. The normalized spacial score (nSPS) is 10.9. The maximum absolute atomic E-state index is 5.19. The van der Waals surface area contributed by atoms with E-state index in [9.17, 15) is 0 Å². The number of H-pyrrole nitrogens is 4. The van der Waals surface area contributed by atoms with Gasteiger partial charge in [-0.05, 0) is 107 Å². The lowest BCUT2D eigenvalue weighted by molar-refractivity contribution is 0.419. The lowest BCUT2D eigenvalue weighted by Gasteiger charge is -2.01. The van der Waals surface area contributed by atoms with Crippen LogP contribution in [0.4, 0.5) is 0 Å². The van der Waals surface area contributed by atoms with Crippen molar-refractivity contribution in [1.82, 2.24) is 126 Å². The van der Waals surface area contributed by atoms with Gasteiger partial charge in [0, 0.05) is 154 Å². The van der Waals surface area contributed by atoms with Crippen LogP contribution in [0.15, 0.2) is 219 Å². The number of hydrogen-bond acceptors (Lipinski definition) is 26. The minimum Gasteiger partial charge on any atom is -0.334 e. The summed E-state index contributed by atoms with van der Waals surface area (Å²) >= 11 is 6.69. The summed E-state index contributed by atoms with van der Waals surface area (Å²) in [6.07, 6.45) is 12.5. The zero-order valence-electron chi connectivity index (χ0n) is 76.1. The summed E-state index contributed by atoms with van der Waals surface area (Å²) in [6.45, 7) is 45.4. The van der Waals surface area contributed by atoms with Gasteiger partial charge in [-0.2, -0.15) is 40.3 Å². The van der Waals surface area contributed by atoms with E-state index in [1.807, 2.05) is 233 Å². The fraction of sp³-hybridized carbons (Fsp3) is 0.337. The number of nitrogens with zero attached hydrogens (tertiary/aromatic N) is 21. The van der Waals surface area contributed by atoms with Crippen LogP contribution in [0.5, 0.6) is 0 Å². The molecule has 0 aliphatic heterocycles. The summed E-state index contributed by atoms with van der Waals surface area (Å²) in [4.78, 5) is 52.4. The first kappa shape index (κ1) is 96.3. The summed E-state index contributed by atoms with van der Waals surface area (Å²) in [5.41, 5.74) is 12.5. The molecule has 0 amide bonds. The molecule has 0 unspecified atom stereocenters. The van der Waals surface area contributed by atoms with E-state index in [0.717, 1.165) is 120 Å². The molecule has 13 aromatic heterocycles. The molecule has 656 valence electrons. The van der Waals surface area contributed by atoms with Crippen LogP contribution in [0, 0.1) is 32.5 Å². The Morgan fingerprint density at radius 2 is 0.635 bits per heavy atom. The Kier molecular flexibility index (Phi) is 36.6. The number of nitrogens with one attached hydrogen (secondary N) is 4. The van der Waals surface area contributed by atoms with Crippen molar-refractivity contribution in [3.8, 4) is 90.4 Å². The molecule has 0 saturated carbocycles. The van der Waals surface area contributed by atoms with Crippen LogP contribution in [0.1, 0.15) is 252 Å². The highest BCUT2D eigenvalue weighted by molar-refractivity contribution is 7.71. The van der Waals surface area contributed by atoms with Gasteiger partial charge in [-0.25, -0.2) is 19.9 Å². The van der Waals surface area contributed by atoms with Crippen LogP contribution < -0.4 is 0 Å². The predicted molar refractivity (Wildman–Crippen MR) is 497 cm³/mol. The Balaban J connectivity index is 0.000000161. The van der Waals surface area contributed by atoms with Crippen LogP contribution >= 0.6 is 23.6 Å². The second kappa shape index (κ2) is 47.9. The van der Waals surface area contributed by atoms with Crippen LogP contribution in [0.25, 0.3) is 90.4 Å². The van der Waals surface area contributed by atoms with Crippen LogP contribution in [-0.4, -0.2) is 126 Å². The van der Waals surface area contributed by atoms with E-state index in [1.54, 1.807) is 42.3 Å². The summed E-state index contributed by atoms with van der Waals surface area (Å²) in [7, 11) is 1.92. The zero-order chi connectivity index (χ0) is 90.9. The lowest BCUT2D eigenvalue weighted by Crippen LogP contribution is -1.99. The van der Waals surface area contributed by atoms with E-state index in [4.69, 9.17) is 30.3 Å². The molecule has 13 heterocycles. The molecule has 0 aliphatic rings. The average molecular weight is 1740 g/mol. The molecule has 0 bridgehead atoms. The van der Waals surface area contributed by atoms with Crippen molar-refractivity contribution >= 4 is 23.6 Å². The summed E-state index contributed by atoms with van der Waals surface area (Å²) in [5.74, 6) is 14.6. The van der Waals surface area contributed by atoms with Gasteiger partial charge in [0.25, 0.3) is 23.6 Å². The third kappa shape index (κ3) is 29.6. The van der Waals surface area contributed by atoms with Crippen LogP contribution in [0.3, 0.4) is 0 Å². The Labute approximate surface area is 746 Å². The van der Waals surface area contributed by atoms with Crippen molar-refractivity contribution in [2.45, 2.75) is 206 Å². The number of hydrogen-bond donors (Lipinski definition) is 4.